The molecule has 0 saturated carbocycles. The van der Waals surface area contributed by atoms with Crippen LogP contribution in [0.2, 0.25) is 0 Å². The summed E-state index contributed by atoms with van der Waals surface area (Å²) in [6, 6.07) is 4.05. The van der Waals surface area contributed by atoms with Crippen molar-refractivity contribution in [2.45, 2.75) is 33.1 Å². The van der Waals surface area contributed by atoms with Crippen molar-refractivity contribution in [2.75, 3.05) is 20.3 Å². The molecule has 0 atom stereocenters. The van der Waals surface area contributed by atoms with Gasteiger partial charge in [-0.05, 0) is 52.5 Å². The van der Waals surface area contributed by atoms with Crippen molar-refractivity contribution in [3.63, 3.8) is 0 Å². The normalized spacial score (nSPS) is 10.8. The Balaban J connectivity index is 2.87. The zero-order valence-electron chi connectivity index (χ0n) is 12.0. The van der Waals surface area contributed by atoms with Crippen LogP contribution in [0.15, 0.2) is 16.6 Å². The molecule has 0 unspecified atom stereocenters. The first-order valence-electron chi connectivity index (χ1n) is 6.85. The molecule has 0 aliphatic rings. The summed E-state index contributed by atoms with van der Waals surface area (Å²) in [7, 11) is 1.66. The van der Waals surface area contributed by atoms with E-state index in [1.165, 1.54) is 0 Å². The molecule has 1 aromatic rings. The molecule has 0 radical (unpaired) electrons. The molecule has 0 fully saturated rings. The van der Waals surface area contributed by atoms with E-state index in [9.17, 15) is 0 Å². The SMILES string of the molecule is CCC(CC)COc1c(Br)cc(CCN)cc1OC. The molecule has 0 aliphatic carbocycles. The molecular weight excluding hydrogens is 306 g/mol. The van der Waals surface area contributed by atoms with Gasteiger partial charge in [0, 0.05) is 0 Å². The first-order chi connectivity index (χ1) is 9.15. The molecule has 0 saturated heterocycles. The van der Waals surface area contributed by atoms with E-state index in [2.05, 4.69) is 35.8 Å². The lowest BCUT2D eigenvalue weighted by atomic mass is 10.1. The molecule has 0 bridgehead atoms. The van der Waals surface area contributed by atoms with Crippen molar-refractivity contribution in [1.82, 2.24) is 0 Å². The van der Waals surface area contributed by atoms with E-state index in [-0.39, 0.29) is 0 Å². The maximum absolute atomic E-state index is 5.93. The number of methoxy groups -OCH3 is 1. The molecule has 3 nitrogen and oxygen atoms in total. The second kappa shape index (κ2) is 8.43. The smallest absolute Gasteiger partial charge is 0.175 e. The molecule has 0 spiro atoms. The predicted octanol–water partition coefficient (Wildman–Crippen LogP) is 3.77. The molecular formula is C15H24BrNO2. The Morgan fingerprint density at radius 2 is 1.95 bits per heavy atom. The van der Waals surface area contributed by atoms with Crippen molar-refractivity contribution >= 4 is 15.9 Å². The lowest BCUT2D eigenvalue weighted by Gasteiger charge is -2.17. The fourth-order valence-corrected chi connectivity index (χ4v) is 2.55. The van der Waals surface area contributed by atoms with Crippen LogP contribution in [0.25, 0.3) is 0 Å². The molecule has 0 heterocycles. The van der Waals surface area contributed by atoms with Gasteiger partial charge in [0.05, 0.1) is 18.2 Å². The van der Waals surface area contributed by atoms with Gasteiger partial charge >= 0.3 is 0 Å². The van der Waals surface area contributed by atoms with Crippen LogP contribution in [0.1, 0.15) is 32.3 Å². The minimum Gasteiger partial charge on any atom is -0.493 e. The number of nitrogens with two attached hydrogens (primary N) is 1. The van der Waals surface area contributed by atoms with Crippen LogP contribution < -0.4 is 15.2 Å². The second-order valence-corrected chi connectivity index (χ2v) is 5.50. The monoisotopic (exact) mass is 329 g/mol. The van der Waals surface area contributed by atoms with Crippen LogP contribution in [-0.2, 0) is 6.42 Å². The Kier molecular flexibility index (Phi) is 7.24. The number of halogens is 1. The summed E-state index contributed by atoms with van der Waals surface area (Å²) in [4.78, 5) is 0. The standard InChI is InChI=1S/C15H24BrNO2/c1-4-11(5-2)10-19-15-13(16)8-12(6-7-17)9-14(15)18-3/h8-9,11H,4-7,10,17H2,1-3H3. The first kappa shape index (κ1) is 16.3. The maximum Gasteiger partial charge on any atom is 0.175 e. The van der Waals surface area contributed by atoms with Crippen molar-refractivity contribution in [3.8, 4) is 11.5 Å². The van der Waals surface area contributed by atoms with Crippen LogP contribution in [0.4, 0.5) is 0 Å². The highest BCUT2D eigenvalue weighted by atomic mass is 79.9. The van der Waals surface area contributed by atoms with Crippen LogP contribution in [0.3, 0.4) is 0 Å². The molecule has 108 valence electrons. The highest BCUT2D eigenvalue weighted by Crippen LogP contribution is 2.37. The number of ether oxygens (including phenoxy) is 2. The molecule has 4 heteroatoms. The Morgan fingerprint density at radius 3 is 2.47 bits per heavy atom. The molecule has 1 aromatic carbocycles. The lowest BCUT2D eigenvalue weighted by Crippen LogP contribution is -2.11. The third kappa shape index (κ3) is 4.69. The molecule has 0 amide bonds. The second-order valence-electron chi connectivity index (χ2n) is 4.64. The average Bonchev–Trinajstić information content (AvgIpc) is 2.41. The third-order valence-corrected chi connectivity index (χ3v) is 3.93. The first-order valence-corrected chi connectivity index (χ1v) is 7.64. The van der Waals surface area contributed by atoms with Gasteiger partial charge in [-0.15, -0.1) is 0 Å². The molecule has 0 aromatic heterocycles. The van der Waals surface area contributed by atoms with E-state index in [1.54, 1.807) is 7.11 Å². The van der Waals surface area contributed by atoms with E-state index < -0.39 is 0 Å². The molecule has 0 aliphatic heterocycles. The fraction of sp³-hybridized carbons (Fsp3) is 0.600. The van der Waals surface area contributed by atoms with Gasteiger partial charge in [-0.3, -0.25) is 0 Å². The van der Waals surface area contributed by atoms with Crippen molar-refractivity contribution < 1.29 is 9.47 Å². The zero-order chi connectivity index (χ0) is 14.3. The number of hydrogen-bond acceptors (Lipinski definition) is 3. The topological polar surface area (TPSA) is 44.5 Å². The third-order valence-electron chi connectivity index (χ3n) is 3.34. The predicted molar refractivity (Wildman–Crippen MR) is 83.0 cm³/mol. The van der Waals surface area contributed by atoms with E-state index in [4.69, 9.17) is 15.2 Å². The molecule has 19 heavy (non-hydrogen) atoms. The van der Waals surface area contributed by atoms with E-state index >= 15 is 0 Å². The summed E-state index contributed by atoms with van der Waals surface area (Å²) in [6.45, 7) is 5.73. The quantitative estimate of drug-likeness (QED) is 0.789. The van der Waals surface area contributed by atoms with Gasteiger partial charge in [0.2, 0.25) is 0 Å². The fourth-order valence-electron chi connectivity index (χ4n) is 1.95. The average molecular weight is 330 g/mol. The number of rotatable bonds is 8. The summed E-state index contributed by atoms with van der Waals surface area (Å²) in [5.74, 6) is 2.14. The van der Waals surface area contributed by atoms with Gasteiger partial charge in [-0.25, -0.2) is 0 Å². The van der Waals surface area contributed by atoms with Crippen molar-refractivity contribution in [1.29, 1.82) is 0 Å². The lowest BCUT2D eigenvalue weighted by molar-refractivity contribution is 0.229. The summed E-state index contributed by atoms with van der Waals surface area (Å²) in [5, 5.41) is 0. The largest absolute Gasteiger partial charge is 0.493 e. The Hall–Kier alpha value is -0.740. The summed E-state index contributed by atoms with van der Waals surface area (Å²) in [5.41, 5.74) is 6.74. The summed E-state index contributed by atoms with van der Waals surface area (Å²) in [6.07, 6.45) is 3.09. The van der Waals surface area contributed by atoms with Gasteiger partial charge in [0.25, 0.3) is 0 Å². The minimum absolute atomic E-state index is 0.584. The highest BCUT2D eigenvalue weighted by Gasteiger charge is 2.13. The van der Waals surface area contributed by atoms with E-state index in [0.29, 0.717) is 12.5 Å². The summed E-state index contributed by atoms with van der Waals surface area (Å²) >= 11 is 3.56. The number of hydrogen-bond donors (Lipinski definition) is 1. The van der Waals surface area contributed by atoms with Crippen LogP contribution in [0.5, 0.6) is 11.5 Å². The molecule has 2 N–H and O–H groups in total. The van der Waals surface area contributed by atoms with Gasteiger partial charge in [-0.1, -0.05) is 26.7 Å². The molecule has 1 rings (SSSR count). The van der Waals surface area contributed by atoms with Crippen LogP contribution >= 0.6 is 15.9 Å². The van der Waals surface area contributed by atoms with Gasteiger partial charge in [0.15, 0.2) is 11.5 Å². The van der Waals surface area contributed by atoms with Gasteiger partial charge < -0.3 is 15.2 Å². The zero-order valence-corrected chi connectivity index (χ0v) is 13.6. The maximum atomic E-state index is 5.93. The van der Waals surface area contributed by atoms with Crippen molar-refractivity contribution in [3.05, 3.63) is 22.2 Å². The number of benzene rings is 1. The van der Waals surface area contributed by atoms with E-state index in [1.807, 2.05) is 6.07 Å². The van der Waals surface area contributed by atoms with Crippen molar-refractivity contribution in [2.24, 2.45) is 11.7 Å². The van der Waals surface area contributed by atoms with Gasteiger partial charge in [0.1, 0.15) is 0 Å². The van der Waals surface area contributed by atoms with Crippen LogP contribution in [0, 0.1) is 5.92 Å². The van der Waals surface area contributed by atoms with E-state index in [0.717, 1.165) is 47.4 Å². The Bertz CT molecular complexity index is 392. The Labute approximate surface area is 124 Å². The van der Waals surface area contributed by atoms with Crippen LogP contribution in [-0.4, -0.2) is 20.3 Å². The minimum atomic E-state index is 0.584. The van der Waals surface area contributed by atoms with Gasteiger partial charge in [-0.2, -0.15) is 0 Å². The highest BCUT2D eigenvalue weighted by molar-refractivity contribution is 9.10. The summed E-state index contributed by atoms with van der Waals surface area (Å²) < 4.78 is 12.3. The Morgan fingerprint density at radius 1 is 1.26 bits per heavy atom.